The van der Waals surface area contributed by atoms with Crippen LogP contribution in [-0.4, -0.2) is 25.5 Å². The third-order valence-electron chi connectivity index (χ3n) is 2.21. The average Bonchev–Trinajstić information content (AvgIpc) is 2.86. The lowest BCUT2D eigenvalue weighted by molar-refractivity contribution is 0.0993. The van der Waals surface area contributed by atoms with E-state index in [1.165, 1.54) is 17.7 Å². The molecule has 2 aromatic rings. The first-order valence-corrected chi connectivity index (χ1v) is 5.84. The van der Waals surface area contributed by atoms with Gasteiger partial charge in [0.25, 0.3) is 0 Å². The predicted octanol–water partition coefficient (Wildman–Crippen LogP) is 1.49. The highest BCUT2D eigenvalue weighted by Crippen LogP contribution is 2.14. The molecular formula is C10H12N4OS. The van der Waals surface area contributed by atoms with Gasteiger partial charge in [-0.05, 0) is 13.8 Å². The smallest absolute Gasteiger partial charge is 0.181 e. The minimum absolute atomic E-state index is 0.0494. The van der Waals surface area contributed by atoms with Crippen molar-refractivity contribution >= 4 is 17.1 Å². The maximum Gasteiger partial charge on any atom is 0.181 e. The van der Waals surface area contributed by atoms with Gasteiger partial charge < -0.3 is 0 Å². The van der Waals surface area contributed by atoms with Crippen LogP contribution in [0.4, 0.5) is 0 Å². The zero-order valence-corrected chi connectivity index (χ0v) is 9.99. The highest BCUT2D eigenvalue weighted by Gasteiger charge is 2.13. The van der Waals surface area contributed by atoms with Gasteiger partial charge in [0.2, 0.25) is 0 Å². The number of Topliss-reactive ketones (excluding diaryl/α,β-unsaturated/α-hetero) is 1. The van der Waals surface area contributed by atoms with E-state index in [0.717, 1.165) is 11.6 Å². The number of ketones is 1. The van der Waals surface area contributed by atoms with Gasteiger partial charge in [-0.25, -0.2) is 14.6 Å². The van der Waals surface area contributed by atoms with Crippen molar-refractivity contribution in [3.8, 4) is 0 Å². The second kappa shape index (κ2) is 4.52. The number of aryl methyl sites for hydroxylation is 2. The average molecular weight is 236 g/mol. The van der Waals surface area contributed by atoms with Gasteiger partial charge in [0, 0.05) is 12.7 Å². The monoisotopic (exact) mass is 236 g/mol. The molecule has 0 saturated carbocycles. The molecular weight excluding hydrogens is 224 g/mol. The van der Waals surface area contributed by atoms with Crippen LogP contribution in [0.1, 0.15) is 27.4 Å². The van der Waals surface area contributed by atoms with Crippen LogP contribution < -0.4 is 0 Å². The Kier molecular flexibility index (Phi) is 3.09. The minimum atomic E-state index is 0.0494. The van der Waals surface area contributed by atoms with Crippen molar-refractivity contribution < 1.29 is 4.79 Å². The van der Waals surface area contributed by atoms with E-state index in [1.807, 2.05) is 13.8 Å². The Morgan fingerprint density at radius 2 is 2.31 bits per heavy atom. The van der Waals surface area contributed by atoms with E-state index >= 15 is 0 Å². The predicted molar refractivity (Wildman–Crippen MR) is 60.6 cm³/mol. The van der Waals surface area contributed by atoms with Crippen LogP contribution in [-0.2, 0) is 13.0 Å². The van der Waals surface area contributed by atoms with Gasteiger partial charge in [0.1, 0.15) is 12.2 Å². The standard InChI is InChI=1S/C10H12N4OS/c1-3-14-10(12-6-13-14)4-8(15)9-5-11-7(2)16-9/h5-6H,3-4H2,1-2H3. The Bertz CT molecular complexity index is 502. The number of nitrogens with zero attached hydrogens (tertiary/aromatic N) is 4. The molecule has 0 fully saturated rings. The summed E-state index contributed by atoms with van der Waals surface area (Å²) in [6.45, 7) is 4.58. The van der Waals surface area contributed by atoms with Crippen LogP contribution in [0.2, 0.25) is 0 Å². The largest absolute Gasteiger partial charge is 0.293 e. The zero-order chi connectivity index (χ0) is 11.5. The van der Waals surface area contributed by atoms with Crippen LogP contribution >= 0.6 is 11.3 Å². The normalized spacial score (nSPS) is 10.6. The quantitative estimate of drug-likeness (QED) is 0.754. The van der Waals surface area contributed by atoms with Crippen molar-refractivity contribution in [3.05, 3.63) is 28.2 Å². The van der Waals surface area contributed by atoms with E-state index in [2.05, 4.69) is 15.1 Å². The van der Waals surface area contributed by atoms with Crippen molar-refractivity contribution in [1.82, 2.24) is 19.7 Å². The molecule has 0 aromatic carbocycles. The summed E-state index contributed by atoms with van der Waals surface area (Å²) in [7, 11) is 0. The van der Waals surface area contributed by atoms with Crippen LogP contribution in [0.25, 0.3) is 0 Å². The molecule has 5 nitrogen and oxygen atoms in total. The molecule has 0 aliphatic rings. The Balaban J connectivity index is 2.13. The van der Waals surface area contributed by atoms with Gasteiger partial charge in [-0.15, -0.1) is 11.3 Å². The van der Waals surface area contributed by atoms with E-state index in [1.54, 1.807) is 10.9 Å². The van der Waals surface area contributed by atoms with Crippen molar-refractivity contribution in [2.45, 2.75) is 26.8 Å². The highest BCUT2D eigenvalue weighted by atomic mass is 32.1. The lowest BCUT2D eigenvalue weighted by atomic mass is 10.2. The van der Waals surface area contributed by atoms with E-state index in [0.29, 0.717) is 10.7 Å². The fourth-order valence-corrected chi connectivity index (χ4v) is 2.13. The molecule has 2 rings (SSSR count). The zero-order valence-electron chi connectivity index (χ0n) is 9.17. The maximum atomic E-state index is 11.9. The van der Waals surface area contributed by atoms with E-state index in [4.69, 9.17) is 0 Å². The second-order valence-corrected chi connectivity index (χ2v) is 4.57. The number of aromatic nitrogens is 4. The Labute approximate surface area is 97.2 Å². The molecule has 0 spiro atoms. The maximum absolute atomic E-state index is 11.9. The van der Waals surface area contributed by atoms with Crippen LogP contribution in [0, 0.1) is 6.92 Å². The number of carbonyl (C=O) groups excluding carboxylic acids is 1. The van der Waals surface area contributed by atoms with E-state index < -0.39 is 0 Å². The molecule has 0 radical (unpaired) electrons. The molecule has 0 atom stereocenters. The van der Waals surface area contributed by atoms with Crippen molar-refractivity contribution in [2.75, 3.05) is 0 Å². The van der Waals surface area contributed by atoms with Crippen LogP contribution in [0.5, 0.6) is 0 Å². The first-order chi connectivity index (χ1) is 7.70. The summed E-state index contributed by atoms with van der Waals surface area (Å²) >= 11 is 1.41. The summed E-state index contributed by atoms with van der Waals surface area (Å²) in [6.07, 6.45) is 3.38. The lowest BCUT2D eigenvalue weighted by Crippen LogP contribution is -2.09. The molecule has 84 valence electrons. The summed E-state index contributed by atoms with van der Waals surface area (Å²) < 4.78 is 1.73. The Hall–Kier alpha value is -1.56. The third kappa shape index (κ3) is 2.16. The molecule has 2 heterocycles. The molecule has 0 bridgehead atoms. The Morgan fingerprint density at radius 3 is 2.94 bits per heavy atom. The fraction of sp³-hybridized carbons (Fsp3) is 0.400. The van der Waals surface area contributed by atoms with Crippen molar-refractivity contribution in [3.63, 3.8) is 0 Å². The van der Waals surface area contributed by atoms with Gasteiger partial charge in [0.15, 0.2) is 5.78 Å². The number of rotatable bonds is 4. The second-order valence-electron chi connectivity index (χ2n) is 3.34. The summed E-state index contributed by atoms with van der Waals surface area (Å²) in [5.41, 5.74) is 0. The van der Waals surface area contributed by atoms with Gasteiger partial charge in [-0.1, -0.05) is 0 Å². The molecule has 16 heavy (non-hydrogen) atoms. The number of hydrogen-bond acceptors (Lipinski definition) is 5. The first kappa shape index (κ1) is 10.9. The van der Waals surface area contributed by atoms with Crippen LogP contribution in [0.15, 0.2) is 12.5 Å². The van der Waals surface area contributed by atoms with Crippen LogP contribution in [0.3, 0.4) is 0 Å². The number of hydrogen-bond donors (Lipinski definition) is 0. The topological polar surface area (TPSA) is 60.7 Å². The molecule has 2 aromatic heterocycles. The molecule has 0 saturated heterocycles. The SMILES string of the molecule is CCn1ncnc1CC(=O)c1cnc(C)s1. The summed E-state index contributed by atoms with van der Waals surface area (Å²) in [4.78, 5) is 20.7. The van der Waals surface area contributed by atoms with Gasteiger partial charge >= 0.3 is 0 Å². The summed E-state index contributed by atoms with van der Waals surface area (Å²) in [5, 5.41) is 4.93. The molecule has 0 aliphatic heterocycles. The molecule has 0 aliphatic carbocycles. The first-order valence-electron chi connectivity index (χ1n) is 5.03. The summed E-state index contributed by atoms with van der Waals surface area (Å²) in [5.74, 6) is 0.756. The minimum Gasteiger partial charge on any atom is -0.293 e. The lowest BCUT2D eigenvalue weighted by Gasteiger charge is -2.00. The highest BCUT2D eigenvalue weighted by molar-refractivity contribution is 7.13. The van der Waals surface area contributed by atoms with E-state index in [-0.39, 0.29) is 12.2 Å². The number of carbonyl (C=O) groups is 1. The molecule has 0 unspecified atom stereocenters. The molecule has 0 N–H and O–H groups in total. The van der Waals surface area contributed by atoms with Crippen molar-refractivity contribution in [2.24, 2.45) is 0 Å². The van der Waals surface area contributed by atoms with Crippen molar-refractivity contribution in [1.29, 1.82) is 0 Å². The van der Waals surface area contributed by atoms with Gasteiger partial charge in [-0.2, -0.15) is 5.10 Å². The van der Waals surface area contributed by atoms with Gasteiger partial charge in [-0.3, -0.25) is 4.79 Å². The van der Waals surface area contributed by atoms with E-state index in [9.17, 15) is 4.79 Å². The molecule has 0 amide bonds. The third-order valence-corrected chi connectivity index (χ3v) is 3.16. The summed E-state index contributed by atoms with van der Waals surface area (Å²) in [6, 6.07) is 0. The molecule has 6 heteroatoms. The van der Waals surface area contributed by atoms with Gasteiger partial charge in [0.05, 0.1) is 16.3 Å². The fourth-order valence-electron chi connectivity index (χ4n) is 1.41. The number of thiazole rings is 1. The Morgan fingerprint density at radius 1 is 1.50 bits per heavy atom.